The molecule has 7 heteroatoms. The van der Waals surface area contributed by atoms with Crippen LogP contribution in [0.25, 0.3) is 11.3 Å². The highest BCUT2D eigenvalue weighted by Crippen LogP contribution is 2.43. The topological polar surface area (TPSA) is 42.8 Å². The summed E-state index contributed by atoms with van der Waals surface area (Å²) in [5, 5.41) is 5.87. The number of hydrogen-bond acceptors (Lipinski definition) is 6. The second-order valence-corrected chi connectivity index (χ2v) is 8.34. The maximum atomic E-state index is 5.49. The zero-order valence-corrected chi connectivity index (χ0v) is 16.8. The Morgan fingerprint density at radius 3 is 2.71 bits per heavy atom. The van der Waals surface area contributed by atoms with Gasteiger partial charge in [0.2, 0.25) is 0 Å². The molecule has 0 N–H and O–H groups in total. The predicted octanol–water partition coefficient (Wildman–Crippen LogP) is 3.43. The third-order valence-electron chi connectivity index (χ3n) is 5.36. The minimum Gasteiger partial charge on any atom is -0.497 e. The molecule has 0 radical (unpaired) electrons. The van der Waals surface area contributed by atoms with E-state index in [2.05, 4.69) is 43.8 Å². The third kappa shape index (κ3) is 3.41. The van der Waals surface area contributed by atoms with Gasteiger partial charge in [0.1, 0.15) is 17.4 Å². The molecule has 0 unspecified atom stereocenters. The minimum atomic E-state index is 0.777. The first-order valence-corrected chi connectivity index (χ1v) is 10.4. The number of morpholine rings is 1. The molecule has 2 aliphatic heterocycles. The molecule has 1 fully saturated rings. The Bertz CT molecular complexity index is 944. The quantitative estimate of drug-likeness (QED) is 0.661. The van der Waals surface area contributed by atoms with Gasteiger partial charge in [-0.3, -0.25) is 4.90 Å². The van der Waals surface area contributed by atoms with Crippen LogP contribution in [-0.2, 0) is 24.5 Å². The number of ether oxygens (including phenoxy) is 2. The number of anilines is 1. The number of aromatic nitrogens is 2. The Morgan fingerprint density at radius 2 is 1.93 bits per heavy atom. The molecule has 6 nitrogen and oxygen atoms in total. The van der Waals surface area contributed by atoms with E-state index in [1.165, 1.54) is 26.7 Å². The molecule has 3 aromatic rings. The second kappa shape index (κ2) is 7.58. The lowest BCUT2D eigenvalue weighted by Crippen LogP contribution is -2.35. The zero-order chi connectivity index (χ0) is 18.9. The van der Waals surface area contributed by atoms with Crippen molar-refractivity contribution in [2.24, 2.45) is 0 Å². The molecule has 0 bridgehead atoms. The van der Waals surface area contributed by atoms with Gasteiger partial charge in [0.05, 0.1) is 26.0 Å². The highest BCUT2D eigenvalue weighted by atomic mass is 32.1. The number of methoxy groups -OCH3 is 1. The van der Waals surface area contributed by atoms with E-state index >= 15 is 0 Å². The molecule has 0 amide bonds. The summed E-state index contributed by atoms with van der Waals surface area (Å²) in [6, 6.07) is 12.8. The molecule has 146 valence electrons. The van der Waals surface area contributed by atoms with Gasteiger partial charge >= 0.3 is 0 Å². The molecule has 28 heavy (non-hydrogen) atoms. The number of hydrogen-bond donors (Lipinski definition) is 0. The summed E-state index contributed by atoms with van der Waals surface area (Å²) in [5.41, 5.74) is 3.78. The van der Waals surface area contributed by atoms with Crippen LogP contribution in [0.15, 0.2) is 42.6 Å². The van der Waals surface area contributed by atoms with Gasteiger partial charge in [-0.25, -0.2) is 4.68 Å². The SMILES string of the molecule is COc1ccc(CN2Cn3nccc3-c3cc(CN4CCOCC4)sc32)cc1. The Morgan fingerprint density at radius 1 is 1.11 bits per heavy atom. The molecule has 5 rings (SSSR count). The third-order valence-corrected chi connectivity index (χ3v) is 6.54. The molecule has 4 heterocycles. The summed E-state index contributed by atoms with van der Waals surface area (Å²) in [6.45, 7) is 6.31. The molecule has 2 aliphatic rings. The first-order chi connectivity index (χ1) is 13.8. The van der Waals surface area contributed by atoms with Gasteiger partial charge in [0, 0.05) is 42.8 Å². The second-order valence-electron chi connectivity index (χ2n) is 7.22. The normalized spacial score (nSPS) is 16.7. The summed E-state index contributed by atoms with van der Waals surface area (Å²) < 4.78 is 12.9. The van der Waals surface area contributed by atoms with Crippen molar-refractivity contribution < 1.29 is 9.47 Å². The smallest absolute Gasteiger partial charge is 0.118 e. The summed E-state index contributed by atoms with van der Waals surface area (Å²) in [4.78, 5) is 6.30. The van der Waals surface area contributed by atoms with Gasteiger partial charge in [0.15, 0.2) is 0 Å². The number of thiophene rings is 1. The predicted molar refractivity (Wildman–Crippen MR) is 111 cm³/mol. The number of benzene rings is 1. The van der Waals surface area contributed by atoms with Crippen molar-refractivity contribution >= 4 is 16.3 Å². The molecular formula is C21H24N4O2S. The van der Waals surface area contributed by atoms with E-state index in [0.29, 0.717) is 0 Å². The van der Waals surface area contributed by atoms with Crippen molar-refractivity contribution in [3.05, 3.63) is 53.0 Å². The van der Waals surface area contributed by atoms with Crippen molar-refractivity contribution in [2.45, 2.75) is 19.8 Å². The van der Waals surface area contributed by atoms with Crippen LogP contribution in [0.5, 0.6) is 5.75 Å². The fourth-order valence-corrected chi connectivity index (χ4v) is 5.08. The highest BCUT2D eigenvalue weighted by molar-refractivity contribution is 7.16. The molecule has 0 spiro atoms. The number of nitrogens with zero attached hydrogens (tertiary/aromatic N) is 4. The highest BCUT2D eigenvalue weighted by Gasteiger charge is 2.26. The molecule has 0 saturated carbocycles. The molecule has 1 saturated heterocycles. The Kier molecular flexibility index (Phi) is 4.80. The van der Waals surface area contributed by atoms with E-state index in [-0.39, 0.29) is 0 Å². The summed E-state index contributed by atoms with van der Waals surface area (Å²) in [6.07, 6.45) is 1.90. The van der Waals surface area contributed by atoms with Gasteiger partial charge in [-0.05, 0) is 29.8 Å². The summed E-state index contributed by atoms with van der Waals surface area (Å²) >= 11 is 1.91. The standard InChI is InChI=1S/C21H24N4O2S/c1-26-17-4-2-16(3-5-17)13-24-15-25-20(6-7-22-25)19-12-18(28-21(19)24)14-23-8-10-27-11-9-23/h2-7,12H,8-11,13-15H2,1H3. The van der Waals surface area contributed by atoms with Crippen molar-refractivity contribution in [3.63, 3.8) is 0 Å². The lowest BCUT2D eigenvalue weighted by atomic mass is 10.1. The zero-order valence-electron chi connectivity index (χ0n) is 16.0. The Balaban J connectivity index is 1.42. The molecule has 0 atom stereocenters. The lowest BCUT2D eigenvalue weighted by molar-refractivity contribution is 0.0346. The van der Waals surface area contributed by atoms with Gasteiger partial charge in [-0.15, -0.1) is 11.3 Å². The van der Waals surface area contributed by atoms with E-state index in [1.54, 1.807) is 7.11 Å². The molecule has 1 aromatic carbocycles. The number of rotatable bonds is 5. The lowest BCUT2D eigenvalue weighted by Gasteiger charge is -2.29. The van der Waals surface area contributed by atoms with E-state index in [1.807, 2.05) is 29.7 Å². The first-order valence-electron chi connectivity index (χ1n) is 9.63. The van der Waals surface area contributed by atoms with Crippen molar-refractivity contribution in [1.82, 2.24) is 14.7 Å². The fraction of sp³-hybridized carbons (Fsp3) is 0.381. The summed E-state index contributed by atoms with van der Waals surface area (Å²) in [5.74, 6) is 0.890. The Labute approximate surface area is 168 Å². The van der Waals surface area contributed by atoms with Crippen LogP contribution in [0.2, 0.25) is 0 Å². The van der Waals surface area contributed by atoms with Gasteiger partial charge in [0.25, 0.3) is 0 Å². The monoisotopic (exact) mass is 396 g/mol. The van der Waals surface area contributed by atoms with E-state index in [4.69, 9.17) is 9.47 Å². The van der Waals surface area contributed by atoms with Crippen molar-refractivity contribution in [3.8, 4) is 17.0 Å². The van der Waals surface area contributed by atoms with E-state index in [9.17, 15) is 0 Å². The average Bonchev–Trinajstić information content (AvgIpc) is 3.36. The van der Waals surface area contributed by atoms with Gasteiger partial charge < -0.3 is 14.4 Å². The largest absolute Gasteiger partial charge is 0.497 e. The summed E-state index contributed by atoms with van der Waals surface area (Å²) in [7, 11) is 1.70. The van der Waals surface area contributed by atoms with Crippen LogP contribution in [-0.4, -0.2) is 48.1 Å². The Hall–Kier alpha value is -2.35. The van der Waals surface area contributed by atoms with Crippen molar-refractivity contribution in [1.29, 1.82) is 0 Å². The molecule has 2 aromatic heterocycles. The number of fused-ring (bicyclic) bond motifs is 3. The average molecular weight is 397 g/mol. The van der Waals surface area contributed by atoms with Crippen molar-refractivity contribution in [2.75, 3.05) is 38.3 Å². The first kappa shape index (κ1) is 17.7. The molecular weight excluding hydrogens is 372 g/mol. The van der Waals surface area contributed by atoms with Crippen LogP contribution in [0, 0.1) is 0 Å². The van der Waals surface area contributed by atoms with E-state index in [0.717, 1.165) is 51.8 Å². The van der Waals surface area contributed by atoms with Gasteiger partial charge in [-0.1, -0.05) is 12.1 Å². The van der Waals surface area contributed by atoms with Crippen LogP contribution in [0.4, 0.5) is 5.00 Å². The van der Waals surface area contributed by atoms with Crippen LogP contribution < -0.4 is 9.64 Å². The van der Waals surface area contributed by atoms with E-state index < -0.39 is 0 Å². The maximum Gasteiger partial charge on any atom is 0.118 e. The minimum absolute atomic E-state index is 0.777. The van der Waals surface area contributed by atoms with Crippen LogP contribution in [0.1, 0.15) is 10.4 Å². The van der Waals surface area contributed by atoms with Crippen LogP contribution >= 0.6 is 11.3 Å². The fourth-order valence-electron chi connectivity index (χ4n) is 3.88. The molecule has 0 aliphatic carbocycles. The van der Waals surface area contributed by atoms with Gasteiger partial charge in [-0.2, -0.15) is 5.10 Å². The maximum absolute atomic E-state index is 5.49. The van der Waals surface area contributed by atoms with Crippen LogP contribution in [0.3, 0.4) is 0 Å².